The summed E-state index contributed by atoms with van der Waals surface area (Å²) in [6.45, 7) is 5.22. The maximum Gasteiger partial charge on any atom is 0.247 e. The molecule has 0 aliphatic rings. The standard InChI is InChI=1S/C14H18ClN3O/c1-10(2)16-9-3-4-13-17-18-14(19-13)11-5-7-12(15)8-6-11/h5-8,10,16H,3-4,9H2,1-2H3. The van der Waals surface area contributed by atoms with Crippen molar-refractivity contribution in [3.05, 3.63) is 35.2 Å². The maximum absolute atomic E-state index is 5.84. The second kappa shape index (κ2) is 6.68. The summed E-state index contributed by atoms with van der Waals surface area (Å²) in [5.74, 6) is 1.22. The molecule has 1 N–H and O–H groups in total. The van der Waals surface area contributed by atoms with Crippen LogP contribution in [0.3, 0.4) is 0 Å². The van der Waals surface area contributed by atoms with Gasteiger partial charge in [0.05, 0.1) is 0 Å². The van der Waals surface area contributed by atoms with Gasteiger partial charge in [0.25, 0.3) is 0 Å². The van der Waals surface area contributed by atoms with E-state index in [9.17, 15) is 0 Å². The molecule has 1 aromatic carbocycles. The molecule has 102 valence electrons. The quantitative estimate of drug-likeness (QED) is 0.824. The molecule has 0 radical (unpaired) electrons. The van der Waals surface area contributed by atoms with Crippen LogP contribution in [0.1, 0.15) is 26.2 Å². The normalized spacial score (nSPS) is 11.2. The summed E-state index contributed by atoms with van der Waals surface area (Å²) >= 11 is 5.84. The summed E-state index contributed by atoms with van der Waals surface area (Å²) < 4.78 is 5.62. The first kappa shape index (κ1) is 14.0. The van der Waals surface area contributed by atoms with E-state index >= 15 is 0 Å². The van der Waals surface area contributed by atoms with Crippen LogP contribution in [0.15, 0.2) is 28.7 Å². The molecule has 0 unspecified atom stereocenters. The van der Waals surface area contributed by atoms with Crippen molar-refractivity contribution in [1.29, 1.82) is 0 Å². The van der Waals surface area contributed by atoms with Crippen LogP contribution in [0.2, 0.25) is 5.02 Å². The summed E-state index contributed by atoms with van der Waals surface area (Å²) in [6, 6.07) is 7.88. The minimum Gasteiger partial charge on any atom is -0.421 e. The lowest BCUT2D eigenvalue weighted by molar-refractivity contribution is 0.484. The summed E-state index contributed by atoms with van der Waals surface area (Å²) in [4.78, 5) is 0. The molecular weight excluding hydrogens is 262 g/mol. The predicted octanol–water partition coefficient (Wildman–Crippen LogP) is 3.32. The Balaban J connectivity index is 1.90. The van der Waals surface area contributed by atoms with Gasteiger partial charge in [-0.3, -0.25) is 0 Å². The lowest BCUT2D eigenvalue weighted by atomic mass is 10.2. The minimum atomic E-state index is 0.507. The third-order valence-corrected chi connectivity index (χ3v) is 2.93. The van der Waals surface area contributed by atoms with E-state index in [4.69, 9.17) is 16.0 Å². The lowest BCUT2D eigenvalue weighted by Crippen LogP contribution is -2.23. The second-order valence-electron chi connectivity index (χ2n) is 4.72. The zero-order chi connectivity index (χ0) is 13.7. The summed E-state index contributed by atoms with van der Waals surface area (Å²) in [5.41, 5.74) is 0.892. The number of aryl methyl sites for hydroxylation is 1. The highest BCUT2D eigenvalue weighted by molar-refractivity contribution is 6.30. The van der Waals surface area contributed by atoms with E-state index in [1.165, 1.54) is 0 Å². The van der Waals surface area contributed by atoms with E-state index in [-0.39, 0.29) is 0 Å². The van der Waals surface area contributed by atoms with Gasteiger partial charge in [0.2, 0.25) is 11.8 Å². The number of rotatable bonds is 6. The molecule has 0 aliphatic carbocycles. The van der Waals surface area contributed by atoms with E-state index in [1.54, 1.807) is 0 Å². The minimum absolute atomic E-state index is 0.507. The fraction of sp³-hybridized carbons (Fsp3) is 0.429. The molecule has 0 saturated heterocycles. The molecule has 1 heterocycles. The number of hydrogen-bond donors (Lipinski definition) is 1. The van der Waals surface area contributed by atoms with E-state index < -0.39 is 0 Å². The number of nitrogens with zero attached hydrogens (tertiary/aromatic N) is 2. The van der Waals surface area contributed by atoms with E-state index in [2.05, 4.69) is 29.4 Å². The molecule has 0 aliphatic heterocycles. The van der Waals surface area contributed by atoms with Gasteiger partial charge in [0, 0.05) is 23.0 Å². The highest BCUT2D eigenvalue weighted by Gasteiger charge is 2.08. The van der Waals surface area contributed by atoms with E-state index in [1.807, 2.05) is 24.3 Å². The Morgan fingerprint density at radius 3 is 2.63 bits per heavy atom. The van der Waals surface area contributed by atoms with Crippen LogP contribution in [0.4, 0.5) is 0 Å². The first-order valence-corrected chi connectivity index (χ1v) is 6.84. The lowest BCUT2D eigenvalue weighted by Gasteiger charge is -2.05. The van der Waals surface area contributed by atoms with Crippen LogP contribution in [0.25, 0.3) is 11.5 Å². The van der Waals surface area contributed by atoms with Crippen molar-refractivity contribution >= 4 is 11.6 Å². The Bertz CT molecular complexity index is 508. The zero-order valence-electron chi connectivity index (χ0n) is 11.2. The Morgan fingerprint density at radius 2 is 1.95 bits per heavy atom. The van der Waals surface area contributed by atoms with Crippen LogP contribution in [-0.2, 0) is 6.42 Å². The van der Waals surface area contributed by atoms with Gasteiger partial charge in [-0.1, -0.05) is 25.4 Å². The molecular formula is C14H18ClN3O. The summed E-state index contributed by atoms with van der Waals surface area (Å²) in [5, 5.41) is 12.2. The largest absolute Gasteiger partial charge is 0.421 e. The highest BCUT2D eigenvalue weighted by Crippen LogP contribution is 2.20. The smallest absolute Gasteiger partial charge is 0.247 e. The van der Waals surface area contributed by atoms with Gasteiger partial charge >= 0.3 is 0 Å². The molecule has 1 aromatic heterocycles. The fourth-order valence-corrected chi connectivity index (χ4v) is 1.82. The fourth-order valence-electron chi connectivity index (χ4n) is 1.69. The number of nitrogens with one attached hydrogen (secondary N) is 1. The molecule has 19 heavy (non-hydrogen) atoms. The number of hydrogen-bond acceptors (Lipinski definition) is 4. The molecule has 0 bridgehead atoms. The van der Waals surface area contributed by atoms with Crippen molar-refractivity contribution in [2.45, 2.75) is 32.7 Å². The van der Waals surface area contributed by atoms with Crippen molar-refractivity contribution in [1.82, 2.24) is 15.5 Å². The molecule has 0 spiro atoms. The predicted molar refractivity (Wildman–Crippen MR) is 76.2 cm³/mol. The van der Waals surface area contributed by atoms with Gasteiger partial charge in [-0.2, -0.15) is 0 Å². The van der Waals surface area contributed by atoms with Crippen molar-refractivity contribution in [3.8, 4) is 11.5 Å². The molecule has 0 fully saturated rings. The number of aromatic nitrogens is 2. The van der Waals surface area contributed by atoms with Crippen LogP contribution >= 0.6 is 11.6 Å². The highest BCUT2D eigenvalue weighted by atomic mass is 35.5. The van der Waals surface area contributed by atoms with Crippen LogP contribution in [-0.4, -0.2) is 22.8 Å². The molecule has 0 amide bonds. The Labute approximate surface area is 118 Å². The number of halogens is 1. The van der Waals surface area contributed by atoms with Crippen LogP contribution < -0.4 is 5.32 Å². The maximum atomic E-state index is 5.84. The van der Waals surface area contributed by atoms with Gasteiger partial charge < -0.3 is 9.73 Å². The first-order valence-electron chi connectivity index (χ1n) is 6.47. The average molecular weight is 280 g/mol. The van der Waals surface area contributed by atoms with Gasteiger partial charge in [0.1, 0.15) is 0 Å². The molecule has 2 aromatic rings. The van der Waals surface area contributed by atoms with Crippen molar-refractivity contribution in [2.24, 2.45) is 0 Å². The second-order valence-corrected chi connectivity index (χ2v) is 5.16. The van der Waals surface area contributed by atoms with Gasteiger partial charge in [-0.25, -0.2) is 0 Å². The van der Waals surface area contributed by atoms with Crippen molar-refractivity contribution < 1.29 is 4.42 Å². The molecule has 0 atom stereocenters. The van der Waals surface area contributed by atoms with Gasteiger partial charge in [-0.05, 0) is 37.2 Å². The monoisotopic (exact) mass is 279 g/mol. The molecule has 5 heteroatoms. The van der Waals surface area contributed by atoms with E-state index in [0.717, 1.165) is 24.9 Å². The molecule has 0 saturated carbocycles. The van der Waals surface area contributed by atoms with Gasteiger partial charge in [-0.15, -0.1) is 10.2 Å². The molecule has 4 nitrogen and oxygen atoms in total. The van der Waals surface area contributed by atoms with Crippen LogP contribution in [0, 0.1) is 0 Å². The summed E-state index contributed by atoms with van der Waals surface area (Å²) in [6.07, 6.45) is 1.78. The Kier molecular flexibility index (Phi) is 4.93. The SMILES string of the molecule is CC(C)NCCCc1nnc(-c2ccc(Cl)cc2)o1. The van der Waals surface area contributed by atoms with Crippen LogP contribution in [0.5, 0.6) is 0 Å². The first-order chi connectivity index (χ1) is 9.15. The Morgan fingerprint density at radius 1 is 1.21 bits per heavy atom. The number of benzene rings is 1. The summed E-state index contributed by atoms with van der Waals surface area (Å²) in [7, 11) is 0. The Hall–Kier alpha value is -1.39. The average Bonchev–Trinajstić information content (AvgIpc) is 2.84. The zero-order valence-corrected chi connectivity index (χ0v) is 11.9. The topological polar surface area (TPSA) is 51.0 Å². The van der Waals surface area contributed by atoms with Crippen molar-refractivity contribution in [2.75, 3.05) is 6.54 Å². The van der Waals surface area contributed by atoms with E-state index in [0.29, 0.717) is 22.8 Å². The molecule has 2 rings (SSSR count). The third-order valence-electron chi connectivity index (χ3n) is 2.68. The third kappa shape index (κ3) is 4.33. The van der Waals surface area contributed by atoms with Gasteiger partial charge in [0.15, 0.2) is 0 Å². The van der Waals surface area contributed by atoms with Crippen molar-refractivity contribution in [3.63, 3.8) is 0 Å².